The van der Waals surface area contributed by atoms with E-state index in [9.17, 15) is 8.42 Å². The summed E-state index contributed by atoms with van der Waals surface area (Å²) in [6.07, 6.45) is 0.715. The predicted molar refractivity (Wildman–Crippen MR) is 255 cm³/mol. The van der Waals surface area contributed by atoms with Gasteiger partial charge >= 0.3 is 0 Å². The molecule has 0 amide bonds. The average Bonchev–Trinajstić information content (AvgIpc) is 3.26. The molecule has 0 atom stereocenters. The van der Waals surface area contributed by atoms with Gasteiger partial charge in [-0.1, -0.05) is 195 Å². The molecule has 0 saturated carbocycles. The Hall–Kier alpha value is -5.21. The van der Waals surface area contributed by atoms with Crippen LogP contribution >= 0.6 is 15.8 Å². The standard InChI is InChI=1S/C39H32OP2.C12H10N.CH4O3S.Pd/c1-39(2)33-25-15-27-35(41(29-17-7-3-8-18-29)30-19-9-4-10-20-30)37(33)40-38-34(39)26-16-28-36(38)42(31-21-11-5-12-22-31)32-23-13-6-14-24-32;13-12-9-5-4-8-11(12)10-6-2-1-3-7-10;1-5(2,3)4;/h3-28H,1-2H3;1-6,8-9H,13H2;1H3,(H,2,3,4);/q;-1;;. The monoisotopic (exact) mass is 948 g/mol. The van der Waals surface area contributed by atoms with Gasteiger partial charge in [0.2, 0.25) is 0 Å². The van der Waals surface area contributed by atoms with Crippen LogP contribution in [-0.2, 0) is 36.0 Å². The maximum absolute atomic E-state index is 9.19. The zero-order valence-corrected chi connectivity index (χ0v) is 38.2. The molecule has 9 rings (SSSR count). The van der Waals surface area contributed by atoms with E-state index in [-0.39, 0.29) is 25.8 Å². The van der Waals surface area contributed by atoms with E-state index in [2.05, 4.69) is 178 Å². The fourth-order valence-corrected chi connectivity index (χ4v) is 12.1. The summed E-state index contributed by atoms with van der Waals surface area (Å²) in [7, 11) is -5.31. The predicted octanol–water partition coefficient (Wildman–Crippen LogP) is 9.87. The Morgan fingerprint density at radius 1 is 0.525 bits per heavy atom. The smallest absolute Gasteiger partial charge is 0.261 e. The van der Waals surface area contributed by atoms with E-state index in [1.54, 1.807) is 0 Å². The summed E-state index contributed by atoms with van der Waals surface area (Å²) in [5.74, 6) is 2.02. The molecule has 0 radical (unpaired) electrons. The summed E-state index contributed by atoms with van der Waals surface area (Å²) in [6, 6.07) is 75.9. The summed E-state index contributed by atoms with van der Waals surface area (Å²) in [6.45, 7) is 4.70. The van der Waals surface area contributed by atoms with Crippen LogP contribution in [0.2, 0.25) is 0 Å². The molecule has 61 heavy (non-hydrogen) atoms. The van der Waals surface area contributed by atoms with Crippen molar-refractivity contribution in [1.29, 1.82) is 0 Å². The third kappa shape index (κ3) is 11.0. The number of benzene rings is 8. The number of ether oxygens (including phenoxy) is 1. The molecule has 0 aliphatic carbocycles. The summed E-state index contributed by atoms with van der Waals surface area (Å²) >= 11 is 0. The molecule has 0 spiro atoms. The van der Waals surface area contributed by atoms with Crippen molar-refractivity contribution >= 4 is 63.5 Å². The van der Waals surface area contributed by atoms with E-state index in [1.165, 1.54) is 43.0 Å². The first kappa shape index (κ1) is 45.3. The van der Waals surface area contributed by atoms with Gasteiger partial charge in [-0.3, -0.25) is 4.55 Å². The van der Waals surface area contributed by atoms with E-state index < -0.39 is 26.0 Å². The zero-order valence-electron chi connectivity index (χ0n) is 34.0. The molecule has 310 valence electrons. The molecule has 0 aromatic heterocycles. The van der Waals surface area contributed by atoms with Gasteiger partial charge in [0.15, 0.2) is 0 Å². The van der Waals surface area contributed by atoms with Crippen LogP contribution in [-0.4, -0.2) is 19.2 Å². The van der Waals surface area contributed by atoms with Crippen molar-refractivity contribution in [2.45, 2.75) is 19.3 Å². The molecule has 5 nitrogen and oxygen atoms in total. The second kappa shape index (κ2) is 20.6. The van der Waals surface area contributed by atoms with E-state index in [0.29, 0.717) is 6.26 Å². The Morgan fingerprint density at radius 2 is 0.885 bits per heavy atom. The molecule has 8 aromatic carbocycles. The van der Waals surface area contributed by atoms with Gasteiger partial charge in [-0.05, 0) is 48.8 Å². The molecule has 0 unspecified atom stereocenters. The van der Waals surface area contributed by atoms with Gasteiger partial charge in [-0.2, -0.15) is 8.42 Å². The van der Waals surface area contributed by atoms with Crippen molar-refractivity contribution in [2.75, 3.05) is 12.0 Å². The molecule has 1 heterocycles. The molecule has 0 saturated heterocycles. The first-order valence-corrected chi connectivity index (χ1v) is 24.0. The number of para-hydroxylation sites is 3. The van der Waals surface area contributed by atoms with Crippen molar-refractivity contribution in [3.8, 4) is 22.6 Å². The zero-order chi connectivity index (χ0) is 42.1. The van der Waals surface area contributed by atoms with E-state index >= 15 is 0 Å². The van der Waals surface area contributed by atoms with Crippen molar-refractivity contribution in [3.63, 3.8) is 0 Å². The third-order valence-electron chi connectivity index (χ3n) is 10.0. The van der Waals surface area contributed by atoms with Crippen LogP contribution < -0.4 is 42.3 Å². The minimum absolute atomic E-state index is 0. The van der Waals surface area contributed by atoms with Crippen LogP contribution in [0.3, 0.4) is 0 Å². The topological polar surface area (TPSA) is 89.6 Å². The number of hydrogen-bond donors (Lipinski definition) is 2. The summed E-state index contributed by atoms with van der Waals surface area (Å²) < 4.78 is 33.1. The summed E-state index contributed by atoms with van der Waals surface area (Å²) in [4.78, 5) is 0. The molecular weight excluding hydrogens is 903 g/mol. The molecule has 3 N–H and O–H groups in total. The minimum atomic E-state index is -3.67. The van der Waals surface area contributed by atoms with Crippen molar-refractivity contribution in [1.82, 2.24) is 0 Å². The molecule has 8 aromatic rings. The molecule has 1 aliphatic rings. The number of nitrogen functional groups attached to an aromatic ring is 1. The second-order valence-corrected chi connectivity index (χ2v) is 20.5. The number of hydrogen-bond acceptors (Lipinski definition) is 4. The van der Waals surface area contributed by atoms with Crippen molar-refractivity contribution in [3.05, 3.63) is 223 Å². The maximum Gasteiger partial charge on any atom is 0.261 e. The second-order valence-electron chi connectivity index (χ2n) is 14.6. The summed E-state index contributed by atoms with van der Waals surface area (Å²) in [5.41, 5.74) is 11.0. The number of anilines is 1. The van der Waals surface area contributed by atoms with Crippen LogP contribution in [0.4, 0.5) is 5.69 Å². The van der Waals surface area contributed by atoms with Gasteiger partial charge in [-0.15, -0.1) is 35.9 Å². The average molecular weight is 949 g/mol. The third-order valence-corrected chi connectivity index (χ3v) is 15.0. The molecule has 9 heteroatoms. The van der Waals surface area contributed by atoms with Crippen LogP contribution in [0.15, 0.2) is 206 Å². The van der Waals surface area contributed by atoms with Gasteiger partial charge in [0.05, 0.1) is 6.26 Å². The SMILES string of the molecule is CC1(C)c2cccc(P(c3ccccc3)c3ccccc3)c2Oc2c(P(c3ccccc3)c3ccccc3)cccc21.CS(=O)(=O)O.Nc1ccccc1-c1[c-]cccc1.[Pd]. The number of nitrogens with two attached hydrogens (primary N) is 1. The normalized spacial score (nSPS) is 12.2. The van der Waals surface area contributed by atoms with Gasteiger partial charge in [-0.25, -0.2) is 0 Å². The number of rotatable bonds is 7. The fraction of sp³-hybridized carbons (Fsp3) is 0.0769. The van der Waals surface area contributed by atoms with Crippen LogP contribution in [0.25, 0.3) is 11.1 Å². The van der Waals surface area contributed by atoms with Gasteiger partial charge < -0.3 is 10.5 Å². The Balaban J connectivity index is 0.000000272. The Kier molecular flexibility index (Phi) is 15.3. The Labute approximate surface area is 376 Å². The minimum Gasteiger partial charge on any atom is -0.455 e. The maximum atomic E-state index is 9.19. The largest absolute Gasteiger partial charge is 0.455 e. The quantitative estimate of drug-likeness (QED) is 0.0547. The van der Waals surface area contributed by atoms with Crippen LogP contribution in [0, 0.1) is 6.07 Å². The van der Waals surface area contributed by atoms with Gasteiger partial charge in [0.1, 0.15) is 11.5 Å². The first-order chi connectivity index (χ1) is 29.0. The summed E-state index contributed by atoms with van der Waals surface area (Å²) in [5, 5.41) is 7.81. The van der Waals surface area contributed by atoms with E-state index in [0.717, 1.165) is 28.3 Å². The molecule has 1 aliphatic heterocycles. The fourth-order valence-electron chi connectivity index (χ4n) is 7.31. The van der Waals surface area contributed by atoms with Gasteiger partial charge in [0, 0.05) is 47.6 Å². The van der Waals surface area contributed by atoms with E-state index in [4.69, 9.17) is 15.0 Å². The molecular formula is C52H46NO4P2PdS-. The Morgan fingerprint density at radius 3 is 1.25 bits per heavy atom. The molecule has 0 bridgehead atoms. The van der Waals surface area contributed by atoms with Crippen LogP contribution in [0.1, 0.15) is 25.0 Å². The van der Waals surface area contributed by atoms with Crippen molar-refractivity contribution < 1.29 is 38.1 Å². The number of fused-ring (bicyclic) bond motifs is 2. The first-order valence-electron chi connectivity index (χ1n) is 19.5. The van der Waals surface area contributed by atoms with E-state index in [1.807, 2.05) is 48.5 Å². The molecule has 0 fully saturated rings. The van der Waals surface area contributed by atoms with Crippen molar-refractivity contribution in [2.24, 2.45) is 0 Å². The van der Waals surface area contributed by atoms with Crippen LogP contribution in [0.5, 0.6) is 11.5 Å². The Bertz CT molecular complexity index is 2540. The van der Waals surface area contributed by atoms with Gasteiger partial charge in [0.25, 0.3) is 10.1 Å².